The van der Waals surface area contributed by atoms with Gasteiger partial charge in [0.25, 0.3) is 0 Å². The molecule has 30 heavy (non-hydrogen) atoms. The molecule has 0 aromatic heterocycles. The van der Waals surface area contributed by atoms with E-state index >= 15 is 0 Å². The number of hydrogen-bond donors (Lipinski definition) is 1. The zero-order valence-electron chi connectivity index (χ0n) is 18.1. The minimum Gasteiger partial charge on any atom is -0.375 e. The minimum absolute atomic E-state index is 0.0420. The third kappa shape index (κ3) is 5.34. The Morgan fingerprint density at radius 2 is 1.53 bits per heavy atom. The third-order valence-electron chi connectivity index (χ3n) is 6.84. The number of carbonyl (C=O) groups is 2. The Balaban J connectivity index is 1.19. The number of anilines is 1. The maximum absolute atomic E-state index is 13.0. The average molecular weight is 414 g/mol. The second-order valence-electron chi connectivity index (χ2n) is 9.13. The molecule has 1 saturated carbocycles. The molecule has 0 bridgehead atoms. The van der Waals surface area contributed by atoms with Crippen LogP contribution >= 0.6 is 0 Å². The highest BCUT2D eigenvalue weighted by molar-refractivity contribution is 5.89. The number of rotatable bonds is 4. The van der Waals surface area contributed by atoms with E-state index < -0.39 is 0 Å². The highest BCUT2D eigenvalue weighted by Gasteiger charge is 2.33. The van der Waals surface area contributed by atoms with Crippen LogP contribution in [0, 0.1) is 12.8 Å². The van der Waals surface area contributed by atoms with Crippen molar-refractivity contribution in [3.05, 3.63) is 29.8 Å². The molecule has 4 rings (SSSR count). The van der Waals surface area contributed by atoms with Crippen LogP contribution in [0.5, 0.6) is 0 Å². The molecule has 0 atom stereocenters. The highest BCUT2D eigenvalue weighted by atomic mass is 16.5. The van der Waals surface area contributed by atoms with Crippen molar-refractivity contribution >= 4 is 17.6 Å². The molecule has 6 nitrogen and oxygen atoms in total. The molecule has 1 N–H and O–H groups in total. The van der Waals surface area contributed by atoms with E-state index in [0.29, 0.717) is 25.3 Å². The van der Waals surface area contributed by atoms with E-state index in [1.165, 1.54) is 25.7 Å². The van der Waals surface area contributed by atoms with Gasteiger partial charge in [-0.25, -0.2) is 4.79 Å². The van der Waals surface area contributed by atoms with E-state index in [-0.39, 0.29) is 17.9 Å². The number of ether oxygens (including phenoxy) is 1. The standard InChI is InChI=1S/C24H35N3O3/c1-18-5-4-6-20(17-18)25-24(29)27-13-9-19(10-14-27)23(28)26-15-11-22(12-16-26)30-21-7-2-3-8-21/h4-6,17,19,21-22H,2-3,7-16H2,1H3,(H,25,29). The molecule has 164 valence electrons. The first-order chi connectivity index (χ1) is 14.6. The summed E-state index contributed by atoms with van der Waals surface area (Å²) in [4.78, 5) is 29.4. The summed E-state index contributed by atoms with van der Waals surface area (Å²) in [6.07, 6.45) is 9.19. The van der Waals surface area contributed by atoms with Crippen LogP contribution in [0.4, 0.5) is 10.5 Å². The molecular formula is C24H35N3O3. The molecule has 3 aliphatic rings. The number of nitrogens with zero attached hydrogens (tertiary/aromatic N) is 2. The second kappa shape index (κ2) is 9.82. The van der Waals surface area contributed by atoms with Crippen molar-refractivity contribution < 1.29 is 14.3 Å². The van der Waals surface area contributed by atoms with Gasteiger partial charge < -0.3 is 19.9 Å². The van der Waals surface area contributed by atoms with Gasteiger partial charge in [-0.05, 0) is 63.1 Å². The van der Waals surface area contributed by atoms with Crippen LogP contribution in [0.25, 0.3) is 0 Å². The number of likely N-dealkylation sites (tertiary alicyclic amines) is 2. The van der Waals surface area contributed by atoms with E-state index in [4.69, 9.17) is 4.74 Å². The molecule has 1 aliphatic carbocycles. The number of urea groups is 1. The first kappa shape index (κ1) is 21.2. The normalized spacial score (nSPS) is 21.8. The van der Waals surface area contributed by atoms with Gasteiger partial charge in [0.1, 0.15) is 0 Å². The summed E-state index contributed by atoms with van der Waals surface area (Å²) in [5, 5.41) is 2.97. The molecule has 3 amide bonds. The lowest BCUT2D eigenvalue weighted by Gasteiger charge is -2.37. The molecule has 0 radical (unpaired) electrons. The average Bonchev–Trinajstić information content (AvgIpc) is 3.27. The second-order valence-corrected chi connectivity index (χ2v) is 9.13. The molecule has 2 aliphatic heterocycles. The number of amides is 3. The van der Waals surface area contributed by atoms with Crippen LogP contribution in [0.3, 0.4) is 0 Å². The topological polar surface area (TPSA) is 61.9 Å². The van der Waals surface area contributed by atoms with Gasteiger partial charge in [0.2, 0.25) is 5.91 Å². The third-order valence-corrected chi connectivity index (χ3v) is 6.84. The van der Waals surface area contributed by atoms with Gasteiger partial charge in [-0.3, -0.25) is 4.79 Å². The van der Waals surface area contributed by atoms with E-state index in [0.717, 1.165) is 50.0 Å². The number of piperidine rings is 2. The lowest BCUT2D eigenvalue weighted by molar-refractivity contribution is -0.140. The molecule has 6 heteroatoms. The number of hydrogen-bond acceptors (Lipinski definition) is 3. The lowest BCUT2D eigenvalue weighted by atomic mass is 9.94. The number of nitrogens with one attached hydrogen (secondary N) is 1. The minimum atomic E-state index is -0.0728. The maximum atomic E-state index is 13.0. The Labute approximate surface area is 179 Å². The Kier molecular flexibility index (Phi) is 6.93. The molecule has 2 saturated heterocycles. The Bertz CT molecular complexity index is 731. The Morgan fingerprint density at radius 1 is 0.900 bits per heavy atom. The fraction of sp³-hybridized carbons (Fsp3) is 0.667. The fourth-order valence-electron chi connectivity index (χ4n) is 5.02. The van der Waals surface area contributed by atoms with Crippen LogP contribution in [-0.4, -0.2) is 60.1 Å². The van der Waals surface area contributed by atoms with Gasteiger partial charge in [0.15, 0.2) is 0 Å². The van der Waals surface area contributed by atoms with Crippen molar-refractivity contribution in [2.24, 2.45) is 5.92 Å². The van der Waals surface area contributed by atoms with Gasteiger partial charge >= 0.3 is 6.03 Å². The van der Waals surface area contributed by atoms with Gasteiger partial charge in [-0.2, -0.15) is 0 Å². The van der Waals surface area contributed by atoms with Crippen molar-refractivity contribution in [1.29, 1.82) is 0 Å². The van der Waals surface area contributed by atoms with Gasteiger partial charge in [-0.1, -0.05) is 25.0 Å². The number of benzene rings is 1. The van der Waals surface area contributed by atoms with Crippen LogP contribution in [0.1, 0.15) is 56.9 Å². The summed E-state index contributed by atoms with van der Waals surface area (Å²) in [5.41, 5.74) is 1.94. The van der Waals surface area contributed by atoms with Crippen molar-refractivity contribution in [2.45, 2.75) is 70.5 Å². The van der Waals surface area contributed by atoms with Crippen molar-refractivity contribution in [1.82, 2.24) is 9.80 Å². The van der Waals surface area contributed by atoms with Crippen LogP contribution in [0.2, 0.25) is 0 Å². The largest absolute Gasteiger partial charge is 0.375 e. The van der Waals surface area contributed by atoms with E-state index in [1.807, 2.05) is 41.0 Å². The molecule has 3 fully saturated rings. The van der Waals surface area contributed by atoms with Gasteiger partial charge in [-0.15, -0.1) is 0 Å². The summed E-state index contributed by atoms with van der Waals surface area (Å²) in [7, 11) is 0. The van der Waals surface area contributed by atoms with E-state index in [1.54, 1.807) is 0 Å². The van der Waals surface area contributed by atoms with E-state index in [9.17, 15) is 9.59 Å². The molecule has 2 heterocycles. The molecule has 0 unspecified atom stereocenters. The maximum Gasteiger partial charge on any atom is 0.321 e. The Morgan fingerprint density at radius 3 is 2.20 bits per heavy atom. The predicted octanol–water partition coefficient (Wildman–Crippen LogP) is 4.19. The SMILES string of the molecule is Cc1cccc(NC(=O)N2CCC(C(=O)N3CCC(OC4CCCC4)CC3)CC2)c1. The summed E-state index contributed by atoms with van der Waals surface area (Å²) in [6.45, 7) is 4.90. The summed E-state index contributed by atoms with van der Waals surface area (Å²) in [6, 6.07) is 7.75. The van der Waals surface area contributed by atoms with Crippen LogP contribution in [0.15, 0.2) is 24.3 Å². The molecule has 1 aromatic rings. The van der Waals surface area contributed by atoms with Crippen LogP contribution in [-0.2, 0) is 9.53 Å². The fourth-order valence-corrected chi connectivity index (χ4v) is 5.02. The quantitative estimate of drug-likeness (QED) is 0.805. The lowest BCUT2D eigenvalue weighted by Crippen LogP contribution is -2.48. The highest BCUT2D eigenvalue weighted by Crippen LogP contribution is 2.27. The summed E-state index contributed by atoms with van der Waals surface area (Å²) >= 11 is 0. The molecular weight excluding hydrogens is 378 g/mol. The summed E-state index contributed by atoms with van der Waals surface area (Å²) < 4.78 is 6.23. The Hall–Kier alpha value is -2.08. The van der Waals surface area contributed by atoms with Gasteiger partial charge in [0, 0.05) is 37.8 Å². The monoisotopic (exact) mass is 413 g/mol. The molecule has 1 aromatic carbocycles. The number of aryl methyl sites for hydroxylation is 1. The molecule has 0 spiro atoms. The zero-order chi connectivity index (χ0) is 20.9. The van der Waals surface area contributed by atoms with Crippen molar-refractivity contribution in [3.63, 3.8) is 0 Å². The summed E-state index contributed by atoms with van der Waals surface area (Å²) in [5.74, 6) is 0.313. The first-order valence-electron chi connectivity index (χ1n) is 11.7. The van der Waals surface area contributed by atoms with Crippen LogP contribution < -0.4 is 5.32 Å². The zero-order valence-corrected chi connectivity index (χ0v) is 18.1. The van der Waals surface area contributed by atoms with Crippen molar-refractivity contribution in [2.75, 3.05) is 31.5 Å². The van der Waals surface area contributed by atoms with Crippen molar-refractivity contribution in [3.8, 4) is 0 Å². The van der Waals surface area contributed by atoms with Gasteiger partial charge in [0.05, 0.1) is 12.2 Å². The smallest absolute Gasteiger partial charge is 0.321 e. The predicted molar refractivity (Wildman–Crippen MR) is 117 cm³/mol. The number of carbonyl (C=O) groups excluding carboxylic acids is 2. The first-order valence-corrected chi connectivity index (χ1v) is 11.7. The van der Waals surface area contributed by atoms with E-state index in [2.05, 4.69) is 5.32 Å².